The topological polar surface area (TPSA) is 34.1 Å². The first kappa shape index (κ1) is 11.9. The second-order valence-electron chi connectivity index (χ2n) is 3.79. The number of aromatic nitrogens is 1. The second-order valence-corrected chi connectivity index (χ2v) is 4.73. The fourth-order valence-corrected chi connectivity index (χ4v) is 2.34. The summed E-state index contributed by atoms with van der Waals surface area (Å²) in [4.78, 5) is 4.43. The minimum atomic E-state index is 0.875. The number of benzene rings is 1. The van der Waals surface area contributed by atoms with E-state index in [2.05, 4.69) is 15.7 Å². The maximum absolute atomic E-state index is 5.17. The number of nitrogens with one attached hydrogen (secondary N) is 1. The summed E-state index contributed by atoms with van der Waals surface area (Å²) >= 11 is 1.72. The number of hydrogen-bond acceptors (Lipinski definition) is 4. The SMILES string of the molecule is COc1cccc(NCCc2nc(C)cs2)c1. The lowest BCUT2D eigenvalue weighted by atomic mass is 10.3. The molecule has 0 radical (unpaired) electrons. The molecule has 0 aliphatic rings. The Morgan fingerprint density at radius 2 is 2.29 bits per heavy atom. The molecule has 2 aromatic rings. The van der Waals surface area contributed by atoms with E-state index in [-0.39, 0.29) is 0 Å². The van der Waals surface area contributed by atoms with Crippen molar-refractivity contribution in [3.63, 3.8) is 0 Å². The Labute approximate surface area is 105 Å². The number of anilines is 1. The van der Waals surface area contributed by atoms with E-state index in [0.717, 1.165) is 30.1 Å². The lowest BCUT2D eigenvalue weighted by Crippen LogP contribution is -2.04. The Bertz CT molecular complexity index is 482. The molecule has 0 saturated carbocycles. The molecule has 3 nitrogen and oxygen atoms in total. The average Bonchev–Trinajstić information content (AvgIpc) is 2.75. The fraction of sp³-hybridized carbons (Fsp3) is 0.308. The molecular weight excluding hydrogens is 232 g/mol. The minimum Gasteiger partial charge on any atom is -0.497 e. The van der Waals surface area contributed by atoms with Crippen LogP contribution in [0, 0.1) is 6.92 Å². The highest BCUT2D eigenvalue weighted by Gasteiger charge is 1.99. The van der Waals surface area contributed by atoms with Crippen molar-refractivity contribution in [3.8, 4) is 5.75 Å². The normalized spacial score (nSPS) is 10.2. The van der Waals surface area contributed by atoms with Gasteiger partial charge in [-0.05, 0) is 19.1 Å². The molecule has 1 aromatic heterocycles. The van der Waals surface area contributed by atoms with Crippen LogP contribution in [0.15, 0.2) is 29.6 Å². The van der Waals surface area contributed by atoms with Gasteiger partial charge in [-0.3, -0.25) is 0 Å². The number of nitrogens with zero attached hydrogens (tertiary/aromatic N) is 1. The highest BCUT2D eigenvalue weighted by molar-refractivity contribution is 7.09. The third-order valence-corrected chi connectivity index (χ3v) is 3.43. The van der Waals surface area contributed by atoms with Crippen LogP contribution < -0.4 is 10.1 Å². The predicted octanol–water partition coefficient (Wildman–Crippen LogP) is 3.11. The van der Waals surface area contributed by atoms with Gasteiger partial charge in [0.15, 0.2) is 0 Å². The van der Waals surface area contributed by atoms with E-state index in [9.17, 15) is 0 Å². The first-order valence-corrected chi connectivity index (χ1v) is 6.45. The fourth-order valence-electron chi connectivity index (χ4n) is 1.56. The van der Waals surface area contributed by atoms with E-state index in [1.165, 1.54) is 5.01 Å². The van der Waals surface area contributed by atoms with Crippen LogP contribution in [-0.2, 0) is 6.42 Å². The van der Waals surface area contributed by atoms with Crippen molar-refractivity contribution in [2.75, 3.05) is 19.0 Å². The monoisotopic (exact) mass is 248 g/mol. The molecule has 1 heterocycles. The number of hydrogen-bond donors (Lipinski definition) is 1. The quantitative estimate of drug-likeness (QED) is 0.882. The van der Waals surface area contributed by atoms with Crippen molar-refractivity contribution in [1.29, 1.82) is 0 Å². The second kappa shape index (κ2) is 5.68. The smallest absolute Gasteiger partial charge is 0.120 e. The Hall–Kier alpha value is -1.55. The van der Waals surface area contributed by atoms with Gasteiger partial charge in [0.2, 0.25) is 0 Å². The largest absolute Gasteiger partial charge is 0.497 e. The Morgan fingerprint density at radius 3 is 3.00 bits per heavy atom. The predicted molar refractivity (Wildman–Crippen MR) is 72.0 cm³/mol. The summed E-state index contributed by atoms with van der Waals surface area (Å²) in [5, 5.41) is 6.63. The molecule has 0 bridgehead atoms. The van der Waals surface area contributed by atoms with Gasteiger partial charge in [-0.15, -0.1) is 11.3 Å². The molecule has 0 amide bonds. The van der Waals surface area contributed by atoms with Crippen molar-refractivity contribution in [1.82, 2.24) is 4.98 Å². The van der Waals surface area contributed by atoms with Crippen LogP contribution in [0.25, 0.3) is 0 Å². The third-order valence-electron chi connectivity index (χ3n) is 2.40. The molecular formula is C13H16N2OS. The van der Waals surface area contributed by atoms with Gasteiger partial charge in [0, 0.05) is 35.8 Å². The maximum atomic E-state index is 5.17. The van der Waals surface area contributed by atoms with Gasteiger partial charge in [-0.2, -0.15) is 0 Å². The minimum absolute atomic E-state index is 0.875. The molecule has 4 heteroatoms. The summed E-state index contributed by atoms with van der Waals surface area (Å²) in [5.74, 6) is 0.875. The van der Waals surface area contributed by atoms with Crippen LogP contribution in [0.5, 0.6) is 5.75 Å². The van der Waals surface area contributed by atoms with Crippen LogP contribution >= 0.6 is 11.3 Å². The summed E-state index contributed by atoms with van der Waals surface area (Å²) in [6.07, 6.45) is 0.954. The molecule has 1 N–H and O–H groups in total. The van der Waals surface area contributed by atoms with Crippen molar-refractivity contribution in [2.24, 2.45) is 0 Å². The van der Waals surface area contributed by atoms with Gasteiger partial charge in [0.05, 0.1) is 12.1 Å². The van der Waals surface area contributed by atoms with Gasteiger partial charge in [0.25, 0.3) is 0 Å². The van der Waals surface area contributed by atoms with Gasteiger partial charge in [-0.1, -0.05) is 6.07 Å². The maximum Gasteiger partial charge on any atom is 0.120 e. The van der Waals surface area contributed by atoms with Crippen LogP contribution in [-0.4, -0.2) is 18.6 Å². The van der Waals surface area contributed by atoms with Gasteiger partial charge in [0.1, 0.15) is 5.75 Å². The Kier molecular flexibility index (Phi) is 3.98. The molecule has 0 atom stereocenters. The molecule has 0 spiro atoms. The third kappa shape index (κ3) is 3.46. The van der Waals surface area contributed by atoms with Crippen LogP contribution in [0.3, 0.4) is 0 Å². The van der Waals surface area contributed by atoms with E-state index < -0.39 is 0 Å². The van der Waals surface area contributed by atoms with Crippen LogP contribution in [0.2, 0.25) is 0 Å². The molecule has 1 aromatic carbocycles. The molecule has 0 fully saturated rings. The summed E-state index contributed by atoms with van der Waals surface area (Å²) < 4.78 is 5.17. The van der Waals surface area contributed by atoms with Crippen molar-refractivity contribution in [2.45, 2.75) is 13.3 Å². The molecule has 0 aliphatic carbocycles. The molecule has 0 saturated heterocycles. The lowest BCUT2D eigenvalue weighted by molar-refractivity contribution is 0.415. The lowest BCUT2D eigenvalue weighted by Gasteiger charge is -2.06. The number of ether oxygens (including phenoxy) is 1. The molecule has 90 valence electrons. The molecule has 17 heavy (non-hydrogen) atoms. The van der Waals surface area contributed by atoms with Gasteiger partial charge < -0.3 is 10.1 Å². The van der Waals surface area contributed by atoms with Crippen LogP contribution in [0.1, 0.15) is 10.7 Å². The zero-order valence-corrected chi connectivity index (χ0v) is 10.9. The summed E-state index contributed by atoms with van der Waals surface area (Å²) in [5.41, 5.74) is 2.18. The van der Waals surface area contributed by atoms with E-state index in [4.69, 9.17) is 4.74 Å². The summed E-state index contributed by atoms with van der Waals surface area (Å²) in [6, 6.07) is 7.95. The van der Waals surface area contributed by atoms with Gasteiger partial charge in [-0.25, -0.2) is 4.98 Å². The van der Waals surface area contributed by atoms with Crippen molar-refractivity contribution >= 4 is 17.0 Å². The van der Waals surface area contributed by atoms with E-state index in [1.807, 2.05) is 31.2 Å². The molecule has 0 aliphatic heterocycles. The standard InChI is InChI=1S/C13H16N2OS/c1-10-9-17-13(15-10)6-7-14-11-4-3-5-12(8-11)16-2/h3-5,8-9,14H,6-7H2,1-2H3. The number of thiazole rings is 1. The average molecular weight is 248 g/mol. The Morgan fingerprint density at radius 1 is 1.41 bits per heavy atom. The van der Waals surface area contributed by atoms with Crippen molar-refractivity contribution in [3.05, 3.63) is 40.3 Å². The van der Waals surface area contributed by atoms with Crippen molar-refractivity contribution < 1.29 is 4.74 Å². The number of methoxy groups -OCH3 is 1. The summed E-state index contributed by atoms with van der Waals surface area (Å²) in [7, 11) is 1.68. The first-order valence-electron chi connectivity index (χ1n) is 5.57. The van der Waals surface area contributed by atoms with E-state index in [1.54, 1.807) is 18.4 Å². The summed E-state index contributed by atoms with van der Waals surface area (Å²) in [6.45, 7) is 2.91. The zero-order chi connectivity index (χ0) is 12.1. The van der Waals surface area contributed by atoms with Gasteiger partial charge >= 0.3 is 0 Å². The van der Waals surface area contributed by atoms with Crippen LogP contribution in [0.4, 0.5) is 5.69 Å². The highest BCUT2D eigenvalue weighted by Crippen LogP contribution is 2.17. The highest BCUT2D eigenvalue weighted by atomic mass is 32.1. The molecule has 2 rings (SSSR count). The number of rotatable bonds is 5. The first-order chi connectivity index (χ1) is 8.28. The molecule has 0 unspecified atom stereocenters. The van der Waals surface area contributed by atoms with E-state index in [0.29, 0.717) is 0 Å². The number of aryl methyl sites for hydroxylation is 1. The van der Waals surface area contributed by atoms with E-state index >= 15 is 0 Å². The Balaban J connectivity index is 1.85. The zero-order valence-electron chi connectivity index (χ0n) is 10.1.